The van der Waals surface area contributed by atoms with Crippen LogP contribution in [0.15, 0.2) is 12.2 Å². The highest BCUT2D eigenvalue weighted by atomic mass is 16.4. The molecule has 1 rings (SSSR count). The minimum atomic E-state index is -2.18. The first kappa shape index (κ1) is 14.7. The number of likely N-dealkylation sites (tertiary alicyclic amines) is 1. The van der Waals surface area contributed by atoms with Crippen LogP contribution in [0.4, 0.5) is 4.79 Å². The van der Waals surface area contributed by atoms with Crippen molar-refractivity contribution in [3.8, 4) is 12.3 Å². The highest BCUT2D eigenvalue weighted by molar-refractivity contribution is 5.87. The molecule has 102 valence electrons. The van der Waals surface area contributed by atoms with E-state index in [0.717, 1.165) is 7.05 Å². The van der Waals surface area contributed by atoms with Crippen molar-refractivity contribution in [1.29, 1.82) is 0 Å². The zero-order chi connectivity index (χ0) is 15.0. The second kappa shape index (κ2) is 4.40. The lowest BCUT2D eigenvalue weighted by Crippen LogP contribution is -2.75. The Hall–Kier alpha value is -2.33. The minimum Gasteiger partial charge on any atom is -0.477 e. The van der Waals surface area contributed by atoms with Crippen LogP contribution in [0.1, 0.15) is 12.8 Å². The molecule has 0 spiro atoms. The SMILES string of the molecule is C#CC1(C(=O)O)CC(=C)CC(C(=O)O)[N+]1(C)C(=O)O. The van der Waals surface area contributed by atoms with Crippen LogP contribution >= 0.6 is 0 Å². The van der Waals surface area contributed by atoms with E-state index in [1.807, 2.05) is 5.92 Å². The summed E-state index contributed by atoms with van der Waals surface area (Å²) in [4.78, 5) is 34.2. The molecular formula is C12H14NO6+. The molecule has 1 fully saturated rings. The minimum absolute atomic E-state index is 0.130. The van der Waals surface area contributed by atoms with Crippen molar-refractivity contribution in [2.24, 2.45) is 0 Å². The zero-order valence-corrected chi connectivity index (χ0v) is 10.3. The van der Waals surface area contributed by atoms with Crippen molar-refractivity contribution >= 4 is 18.0 Å². The molecule has 3 unspecified atom stereocenters. The number of amides is 1. The normalized spacial score (nSPS) is 34.3. The monoisotopic (exact) mass is 268 g/mol. The van der Waals surface area contributed by atoms with Gasteiger partial charge in [-0.05, 0) is 5.92 Å². The fourth-order valence-corrected chi connectivity index (χ4v) is 2.45. The predicted molar refractivity (Wildman–Crippen MR) is 63.2 cm³/mol. The molecule has 3 N–H and O–H groups in total. The fourth-order valence-electron chi connectivity index (χ4n) is 2.45. The van der Waals surface area contributed by atoms with E-state index < -0.39 is 34.1 Å². The molecule has 0 radical (unpaired) electrons. The van der Waals surface area contributed by atoms with E-state index in [0.29, 0.717) is 5.57 Å². The topological polar surface area (TPSA) is 112 Å². The third kappa shape index (κ3) is 1.77. The Labute approximate surface area is 109 Å². The second-order valence-corrected chi connectivity index (χ2v) is 4.65. The summed E-state index contributed by atoms with van der Waals surface area (Å²) in [6.45, 7) is 3.57. The maximum atomic E-state index is 11.5. The van der Waals surface area contributed by atoms with Crippen LogP contribution in [0.5, 0.6) is 0 Å². The Balaban J connectivity index is 3.63. The third-order valence-corrected chi connectivity index (χ3v) is 3.68. The van der Waals surface area contributed by atoms with Crippen molar-refractivity contribution < 1.29 is 34.2 Å². The van der Waals surface area contributed by atoms with Gasteiger partial charge in [0, 0.05) is 12.8 Å². The summed E-state index contributed by atoms with van der Waals surface area (Å²) in [5.41, 5.74) is -1.87. The Bertz CT molecular complexity index is 519. The van der Waals surface area contributed by atoms with Gasteiger partial charge in [-0.1, -0.05) is 12.2 Å². The lowest BCUT2D eigenvalue weighted by Gasteiger charge is -2.47. The summed E-state index contributed by atoms with van der Waals surface area (Å²) in [7, 11) is 1.02. The van der Waals surface area contributed by atoms with Crippen molar-refractivity contribution in [3.05, 3.63) is 12.2 Å². The Morgan fingerprint density at radius 1 is 1.42 bits per heavy atom. The summed E-state index contributed by atoms with van der Waals surface area (Å²) in [6.07, 6.45) is 3.23. The van der Waals surface area contributed by atoms with E-state index in [1.54, 1.807) is 0 Å². The van der Waals surface area contributed by atoms with Crippen molar-refractivity contribution in [2.75, 3.05) is 7.05 Å². The van der Waals surface area contributed by atoms with Crippen LogP contribution in [0.2, 0.25) is 0 Å². The molecule has 1 aliphatic rings. The van der Waals surface area contributed by atoms with Gasteiger partial charge in [0.2, 0.25) is 6.04 Å². The quantitative estimate of drug-likeness (QED) is 0.379. The molecule has 7 heteroatoms. The van der Waals surface area contributed by atoms with Gasteiger partial charge in [-0.15, -0.1) is 6.42 Å². The molecule has 19 heavy (non-hydrogen) atoms. The molecule has 0 aromatic carbocycles. The smallest absolute Gasteiger partial charge is 0.477 e. The van der Waals surface area contributed by atoms with Gasteiger partial charge in [0.15, 0.2) is 0 Å². The number of carbonyl (C=O) groups is 3. The molecular weight excluding hydrogens is 254 g/mol. The van der Waals surface area contributed by atoms with Crippen LogP contribution in [0.3, 0.4) is 0 Å². The zero-order valence-electron chi connectivity index (χ0n) is 10.3. The van der Waals surface area contributed by atoms with Crippen molar-refractivity contribution in [1.82, 2.24) is 0 Å². The number of nitrogens with zero attached hydrogens (tertiary/aromatic N) is 1. The van der Waals surface area contributed by atoms with E-state index in [-0.39, 0.29) is 12.8 Å². The first-order valence-corrected chi connectivity index (χ1v) is 5.34. The van der Waals surface area contributed by atoms with Gasteiger partial charge >= 0.3 is 18.0 Å². The average Bonchev–Trinajstić information content (AvgIpc) is 2.30. The van der Waals surface area contributed by atoms with Crippen LogP contribution in [-0.4, -0.2) is 56.5 Å². The number of quaternary nitrogens is 1. The van der Waals surface area contributed by atoms with E-state index in [9.17, 15) is 24.6 Å². The molecule has 0 saturated carbocycles. The largest absolute Gasteiger partial charge is 0.515 e. The first-order valence-electron chi connectivity index (χ1n) is 5.34. The van der Waals surface area contributed by atoms with Gasteiger partial charge in [-0.3, -0.25) is 0 Å². The number of hydrogen-bond donors (Lipinski definition) is 3. The van der Waals surface area contributed by atoms with E-state index in [4.69, 9.17) is 11.5 Å². The number of piperidine rings is 1. The fraction of sp³-hybridized carbons (Fsp3) is 0.417. The Morgan fingerprint density at radius 2 is 1.95 bits per heavy atom. The number of carboxylic acids is 2. The number of carboxylic acid groups (broad SMARTS) is 3. The van der Waals surface area contributed by atoms with E-state index >= 15 is 0 Å². The average molecular weight is 268 g/mol. The maximum Gasteiger partial charge on any atom is 0.515 e. The predicted octanol–water partition coefficient (Wildman–Crippen LogP) is 0.371. The van der Waals surface area contributed by atoms with Crippen molar-refractivity contribution in [3.63, 3.8) is 0 Å². The summed E-state index contributed by atoms with van der Waals surface area (Å²) >= 11 is 0. The molecule has 1 heterocycles. The van der Waals surface area contributed by atoms with E-state index in [2.05, 4.69) is 6.58 Å². The van der Waals surface area contributed by atoms with Gasteiger partial charge in [-0.2, -0.15) is 9.28 Å². The van der Waals surface area contributed by atoms with Crippen LogP contribution in [-0.2, 0) is 9.59 Å². The van der Waals surface area contributed by atoms with Gasteiger partial charge < -0.3 is 15.3 Å². The number of rotatable bonds is 2. The molecule has 1 saturated heterocycles. The van der Waals surface area contributed by atoms with Crippen LogP contribution < -0.4 is 0 Å². The molecule has 7 nitrogen and oxygen atoms in total. The first-order chi connectivity index (χ1) is 8.63. The maximum absolute atomic E-state index is 11.5. The van der Waals surface area contributed by atoms with Gasteiger partial charge in [-0.25, -0.2) is 9.59 Å². The Morgan fingerprint density at radius 3 is 2.26 bits per heavy atom. The number of hydrogen-bond acceptors (Lipinski definition) is 3. The number of aliphatic carboxylic acids is 2. The Kier molecular flexibility index (Phi) is 3.41. The number of terminal acetylenes is 1. The molecule has 0 bridgehead atoms. The molecule has 0 aromatic rings. The molecule has 1 amide bonds. The van der Waals surface area contributed by atoms with Gasteiger partial charge in [0.25, 0.3) is 5.54 Å². The summed E-state index contributed by atoms with van der Waals surface area (Å²) in [5, 5.41) is 27.8. The number of likely N-dealkylation sites (N-methyl/N-ethyl adjacent to an activating group) is 1. The molecule has 3 atom stereocenters. The van der Waals surface area contributed by atoms with Crippen LogP contribution in [0.25, 0.3) is 0 Å². The third-order valence-electron chi connectivity index (χ3n) is 3.68. The summed E-state index contributed by atoms with van der Waals surface area (Å²) in [6, 6.07) is -1.49. The lowest BCUT2D eigenvalue weighted by atomic mass is 9.79. The van der Waals surface area contributed by atoms with Crippen molar-refractivity contribution in [2.45, 2.75) is 24.4 Å². The molecule has 0 aliphatic carbocycles. The van der Waals surface area contributed by atoms with Gasteiger partial charge in [0.05, 0.1) is 7.05 Å². The molecule has 0 aromatic heterocycles. The standard InChI is InChI=1S/C12H13NO6/c1-4-12(10(16)17)6-7(2)5-8(9(14)15)13(12,3)11(18)19/h1,8H,2,5-6H2,3H3,(H2-,14,15,16,17,18,19)/p+1. The van der Waals surface area contributed by atoms with Gasteiger partial charge in [0.1, 0.15) is 0 Å². The lowest BCUT2D eigenvalue weighted by molar-refractivity contribution is -0.891. The van der Waals surface area contributed by atoms with Crippen LogP contribution in [0, 0.1) is 12.3 Å². The summed E-state index contributed by atoms with van der Waals surface area (Å²) in [5.74, 6) is -1.00. The highest BCUT2D eigenvalue weighted by Gasteiger charge is 2.67. The van der Waals surface area contributed by atoms with E-state index in [1.165, 1.54) is 0 Å². The molecule has 1 aliphatic heterocycles. The highest BCUT2D eigenvalue weighted by Crippen LogP contribution is 2.40. The second-order valence-electron chi connectivity index (χ2n) is 4.65. The summed E-state index contributed by atoms with van der Waals surface area (Å²) < 4.78 is -1.30.